The van der Waals surface area contributed by atoms with Gasteiger partial charge in [-0.05, 0) is 43.7 Å². The van der Waals surface area contributed by atoms with Crippen molar-refractivity contribution in [3.05, 3.63) is 48.3 Å². The number of carbonyl (C=O) groups is 1. The maximum absolute atomic E-state index is 12.6. The second-order valence-corrected chi connectivity index (χ2v) is 7.16. The molecule has 26 heavy (non-hydrogen) atoms. The van der Waals surface area contributed by atoms with Crippen LogP contribution in [0.2, 0.25) is 0 Å². The second kappa shape index (κ2) is 7.45. The van der Waals surface area contributed by atoms with Gasteiger partial charge in [0.05, 0.1) is 11.7 Å². The van der Waals surface area contributed by atoms with E-state index in [2.05, 4.69) is 20.6 Å². The number of amides is 2. The fourth-order valence-electron chi connectivity index (χ4n) is 3.57. The van der Waals surface area contributed by atoms with E-state index in [-0.39, 0.29) is 24.2 Å². The van der Waals surface area contributed by atoms with E-state index in [0.29, 0.717) is 12.5 Å². The maximum atomic E-state index is 12.6. The summed E-state index contributed by atoms with van der Waals surface area (Å²) in [6.45, 7) is 0.623. The summed E-state index contributed by atoms with van der Waals surface area (Å²) in [6.07, 6.45) is 9.22. The van der Waals surface area contributed by atoms with Gasteiger partial charge in [0, 0.05) is 38.3 Å². The van der Waals surface area contributed by atoms with Gasteiger partial charge >= 0.3 is 6.03 Å². The number of ether oxygens (including phenoxy) is 1. The van der Waals surface area contributed by atoms with E-state index in [1.165, 1.54) is 0 Å². The molecular weight excluding hydrogens is 330 g/mol. The van der Waals surface area contributed by atoms with Crippen molar-refractivity contribution < 1.29 is 9.53 Å². The van der Waals surface area contributed by atoms with Crippen molar-refractivity contribution in [2.24, 2.45) is 13.0 Å². The van der Waals surface area contributed by atoms with Gasteiger partial charge in [-0.25, -0.2) is 9.78 Å². The number of urea groups is 1. The Hall–Kier alpha value is -2.41. The van der Waals surface area contributed by atoms with Crippen LogP contribution in [0.1, 0.15) is 49.3 Å². The zero-order chi connectivity index (χ0) is 17.9. The van der Waals surface area contributed by atoms with Crippen LogP contribution in [0.4, 0.5) is 4.79 Å². The first-order chi connectivity index (χ1) is 12.7. The number of nitrogens with one attached hydrogen (secondary N) is 2. The van der Waals surface area contributed by atoms with E-state index in [0.717, 1.165) is 37.2 Å². The lowest BCUT2D eigenvalue weighted by atomic mass is 10.0. The number of pyridine rings is 1. The molecule has 7 heteroatoms. The molecule has 2 fully saturated rings. The molecule has 7 nitrogen and oxygen atoms in total. The number of nitrogens with zero attached hydrogens (tertiary/aromatic N) is 3. The molecule has 1 aliphatic heterocycles. The number of aryl methyl sites for hydroxylation is 1. The molecule has 2 aromatic heterocycles. The number of aromatic nitrogens is 3. The van der Waals surface area contributed by atoms with Gasteiger partial charge in [0.15, 0.2) is 0 Å². The lowest BCUT2D eigenvalue weighted by Crippen LogP contribution is -2.46. The number of rotatable bonds is 5. The molecule has 2 amide bonds. The van der Waals surface area contributed by atoms with Crippen LogP contribution in [0.25, 0.3) is 0 Å². The second-order valence-electron chi connectivity index (χ2n) is 7.16. The van der Waals surface area contributed by atoms with Crippen LogP contribution in [0.5, 0.6) is 0 Å². The molecular formula is C19H25N5O2. The smallest absolute Gasteiger partial charge is 0.315 e. The van der Waals surface area contributed by atoms with Crippen LogP contribution >= 0.6 is 0 Å². The first kappa shape index (κ1) is 17.0. The average Bonchev–Trinajstić information content (AvgIpc) is 3.42. The highest BCUT2D eigenvalue weighted by Gasteiger charge is 2.36. The molecule has 0 aromatic carbocycles. The predicted octanol–water partition coefficient (Wildman–Crippen LogP) is 2.49. The van der Waals surface area contributed by atoms with Crippen molar-refractivity contribution in [2.45, 2.75) is 43.9 Å². The van der Waals surface area contributed by atoms with Gasteiger partial charge in [-0.15, -0.1) is 0 Å². The summed E-state index contributed by atoms with van der Waals surface area (Å²) in [5.41, 5.74) is 0.920. The minimum atomic E-state index is -0.128. The molecule has 1 saturated heterocycles. The van der Waals surface area contributed by atoms with Crippen molar-refractivity contribution >= 4 is 6.03 Å². The zero-order valence-corrected chi connectivity index (χ0v) is 15.0. The average molecular weight is 355 g/mol. The highest BCUT2D eigenvalue weighted by Crippen LogP contribution is 2.40. The Morgan fingerprint density at radius 3 is 2.85 bits per heavy atom. The summed E-state index contributed by atoms with van der Waals surface area (Å²) in [6, 6.07) is 5.75. The van der Waals surface area contributed by atoms with E-state index < -0.39 is 0 Å². The number of hydrogen-bond donors (Lipinski definition) is 2. The molecule has 4 rings (SSSR count). The molecule has 1 saturated carbocycles. The van der Waals surface area contributed by atoms with Crippen molar-refractivity contribution in [2.75, 3.05) is 6.61 Å². The molecule has 1 aliphatic carbocycles. The third-order valence-electron chi connectivity index (χ3n) is 5.15. The molecule has 3 heterocycles. The Kier molecular flexibility index (Phi) is 4.88. The van der Waals surface area contributed by atoms with Gasteiger partial charge < -0.3 is 19.9 Å². The summed E-state index contributed by atoms with van der Waals surface area (Å²) >= 11 is 0. The molecule has 2 N–H and O–H groups in total. The minimum absolute atomic E-state index is 0.0265. The Bertz CT molecular complexity index is 743. The van der Waals surface area contributed by atoms with Crippen LogP contribution < -0.4 is 10.6 Å². The van der Waals surface area contributed by atoms with Gasteiger partial charge in [-0.3, -0.25) is 4.98 Å². The van der Waals surface area contributed by atoms with Crippen LogP contribution in [0.3, 0.4) is 0 Å². The summed E-state index contributed by atoms with van der Waals surface area (Å²) in [5.74, 6) is 1.40. The van der Waals surface area contributed by atoms with Crippen molar-refractivity contribution in [3.8, 4) is 0 Å². The van der Waals surface area contributed by atoms with Gasteiger partial charge in [-0.1, -0.05) is 6.07 Å². The molecule has 0 radical (unpaired) electrons. The monoisotopic (exact) mass is 355 g/mol. The van der Waals surface area contributed by atoms with E-state index >= 15 is 0 Å². The fourth-order valence-corrected chi connectivity index (χ4v) is 3.57. The lowest BCUT2D eigenvalue weighted by Gasteiger charge is -2.30. The highest BCUT2D eigenvalue weighted by molar-refractivity contribution is 5.74. The van der Waals surface area contributed by atoms with Crippen molar-refractivity contribution in [3.63, 3.8) is 0 Å². The highest BCUT2D eigenvalue weighted by atomic mass is 16.5. The van der Waals surface area contributed by atoms with Gasteiger partial charge in [0.1, 0.15) is 11.9 Å². The molecule has 138 valence electrons. The van der Waals surface area contributed by atoms with E-state index in [1.54, 1.807) is 12.4 Å². The number of imidazole rings is 1. The van der Waals surface area contributed by atoms with Crippen LogP contribution in [-0.4, -0.2) is 33.2 Å². The minimum Gasteiger partial charge on any atom is -0.372 e. The fraction of sp³-hybridized carbons (Fsp3) is 0.526. The summed E-state index contributed by atoms with van der Waals surface area (Å²) in [4.78, 5) is 21.4. The lowest BCUT2D eigenvalue weighted by molar-refractivity contribution is -0.000297. The molecule has 1 unspecified atom stereocenters. The van der Waals surface area contributed by atoms with E-state index in [4.69, 9.17) is 4.74 Å². The van der Waals surface area contributed by atoms with Crippen molar-refractivity contribution in [1.82, 2.24) is 25.2 Å². The maximum Gasteiger partial charge on any atom is 0.315 e. The summed E-state index contributed by atoms with van der Waals surface area (Å²) in [7, 11) is 1.97. The predicted molar refractivity (Wildman–Crippen MR) is 96.3 cm³/mol. The molecule has 2 aromatic rings. The van der Waals surface area contributed by atoms with E-state index in [1.807, 2.05) is 36.0 Å². The normalized spacial score (nSPS) is 24.0. The third kappa shape index (κ3) is 3.88. The third-order valence-corrected chi connectivity index (χ3v) is 5.15. The van der Waals surface area contributed by atoms with Gasteiger partial charge in [0.2, 0.25) is 0 Å². The van der Waals surface area contributed by atoms with Crippen LogP contribution in [-0.2, 0) is 11.8 Å². The molecule has 2 aliphatic rings. The quantitative estimate of drug-likeness (QED) is 0.863. The zero-order valence-electron chi connectivity index (χ0n) is 15.0. The summed E-state index contributed by atoms with van der Waals surface area (Å²) in [5, 5.41) is 6.25. The first-order valence-electron chi connectivity index (χ1n) is 9.27. The molecule has 0 spiro atoms. The molecule has 0 bridgehead atoms. The van der Waals surface area contributed by atoms with Gasteiger partial charge in [-0.2, -0.15) is 0 Å². The number of carbonyl (C=O) groups excluding carboxylic acids is 1. The van der Waals surface area contributed by atoms with E-state index in [9.17, 15) is 4.79 Å². The largest absolute Gasteiger partial charge is 0.372 e. The Labute approximate surface area is 153 Å². The Morgan fingerprint density at radius 1 is 1.27 bits per heavy atom. The van der Waals surface area contributed by atoms with Crippen molar-refractivity contribution in [1.29, 1.82) is 0 Å². The first-order valence-corrected chi connectivity index (χ1v) is 9.27. The topological polar surface area (TPSA) is 81.1 Å². The standard InChI is InChI=1S/C19H25N5O2/c1-24-10-9-21-18(24)17(13-5-6-13)23-19(25)22-14-7-11-26-16(12-14)15-4-2-3-8-20-15/h2-4,8-10,13-14,16-17H,5-7,11-12H2,1H3,(H2,22,23,25)/t14-,16-,17?/m1/s1. The Balaban J connectivity index is 1.36. The molecule has 3 atom stereocenters. The number of hydrogen-bond acceptors (Lipinski definition) is 4. The summed E-state index contributed by atoms with van der Waals surface area (Å²) < 4.78 is 7.81. The van der Waals surface area contributed by atoms with Gasteiger partial charge in [0.25, 0.3) is 0 Å². The Morgan fingerprint density at radius 2 is 2.15 bits per heavy atom. The SMILES string of the molecule is Cn1ccnc1C(NC(=O)N[C@@H]1CCO[C@@H](c2ccccn2)C1)C1CC1. The van der Waals surface area contributed by atoms with Crippen LogP contribution in [0.15, 0.2) is 36.8 Å². The van der Waals surface area contributed by atoms with Crippen LogP contribution in [0, 0.1) is 5.92 Å².